The monoisotopic (exact) mass is 282 g/mol. The van der Waals surface area contributed by atoms with Crippen LogP contribution in [-0.4, -0.2) is 42.3 Å². The van der Waals surface area contributed by atoms with Gasteiger partial charge in [-0.15, -0.1) is 0 Å². The van der Waals surface area contributed by atoms with E-state index in [0.717, 1.165) is 32.0 Å². The van der Waals surface area contributed by atoms with E-state index in [1.54, 1.807) is 0 Å². The van der Waals surface area contributed by atoms with Crippen molar-refractivity contribution in [3.63, 3.8) is 0 Å². The number of likely N-dealkylation sites (tertiary alicyclic amines) is 1. The minimum absolute atomic E-state index is 0.162. The number of ether oxygens (including phenoxy) is 1. The second-order valence-corrected chi connectivity index (χ2v) is 7.32. The molecule has 2 fully saturated rings. The van der Waals surface area contributed by atoms with Gasteiger partial charge in [0, 0.05) is 19.1 Å². The normalized spacial score (nSPS) is 24.9. The zero-order valence-corrected chi connectivity index (χ0v) is 13.3. The minimum atomic E-state index is -0.401. The van der Waals surface area contributed by atoms with Crippen LogP contribution in [-0.2, 0) is 4.74 Å². The van der Waals surface area contributed by atoms with Gasteiger partial charge in [-0.3, -0.25) is 0 Å². The van der Waals surface area contributed by atoms with Gasteiger partial charge in [0.15, 0.2) is 0 Å². The van der Waals surface area contributed by atoms with Crippen LogP contribution in [0.3, 0.4) is 0 Å². The molecule has 1 saturated heterocycles. The second kappa shape index (κ2) is 6.79. The third-order valence-corrected chi connectivity index (χ3v) is 4.24. The number of carbonyl (C=O) groups is 1. The highest BCUT2D eigenvalue weighted by Gasteiger charge is 2.28. The Balaban J connectivity index is 1.74. The maximum Gasteiger partial charge on any atom is 0.410 e. The van der Waals surface area contributed by atoms with E-state index in [4.69, 9.17) is 4.74 Å². The van der Waals surface area contributed by atoms with Gasteiger partial charge >= 0.3 is 6.09 Å². The zero-order chi connectivity index (χ0) is 14.6. The Bertz CT molecular complexity index is 319. The Kier molecular flexibility index (Phi) is 5.30. The molecule has 1 aliphatic heterocycles. The summed E-state index contributed by atoms with van der Waals surface area (Å²) in [4.78, 5) is 14.0. The summed E-state index contributed by atoms with van der Waals surface area (Å²) in [7, 11) is 0. The second-order valence-electron chi connectivity index (χ2n) is 7.32. The van der Waals surface area contributed by atoms with Crippen molar-refractivity contribution >= 4 is 6.09 Å². The van der Waals surface area contributed by atoms with Crippen LogP contribution in [0, 0.1) is 5.92 Å². The number of piperidine rings is 1. The van der Waals surface area contributed by atoms with Crippen LogP contribution in [0.5, 0.6) is 0 Å². The third kappa shape index (κ3) is 4.97. The van der Waals surface area contributed by atoms with E-state index in [9.17, 15) is 4.79 Å². The van der Waals surface area contributed by atoms with Crippen LogP contribution in [0.4, 0.5) is 4.79 Å². The van der Waals surface area contributed by atoms with Crippen molar-refractivity contribution in [2.24, 2.45) is 5.92 Å². The molecular formula is C16H30N2O2. The summed E-state index contributed by atoms with van der Waals surface area (Å²) >= 11 is 0. The number of rotatable bonds is 3. The number of hydrogen-bond donors (Lipinski definition) is 1. The summed E-state index contributed by atoms with van der Waals surface area (Å²) in [5.41, 5.74) is -0.401. The van der Waals surface area contributed by atoms with E-state index >= 15 is 0 Å². The maximum absolute atomic E-state index is 12.1. The van der Waals surface area contributed by atoms with Gasteiger partial charge in [0.1, 0.15) is 5.60 Å². The Morgan fingerprint density at radius 2 is 1.90 bits per heavy atom. The molecular weight excluding hydrogens is 252 g/mol. The molecule has 0 spiro atoms. The van der Waals surface area contributed by atoms with Gasteiger partial charge < -0.3 is 15.0 Å². The van der Waals surface area contributed by atoms with Crippen molar-refractivity contribution in [2.75, 3.05) is 19.6 Å². The van der Waals surface area contributed by atoms with E-state index < -0.39 is 5.60 Å². The van der Waals surface area contributed by atoms with Crippen LogP contribution < -0.4 is 5.32 Å². The van der Waals surface area contributed by atoms with Crippen LogP contribution in [0.1, 0.15) is 59.3 Å². The SMILES string of the molecule is CC(C)(C)OC(=O)N1CCCC(NCC2CCCC2)C1. The number of nitrogens with one attached hydrogen (secondary N) is 1. The first kappa shape index (κ1) is 15.6. The molecule has 116 valence electrons. The first-order valence-electron chi connectivity index (χ1n) is 8.15. The fourth-order valence-corrected chi connectivity index (χ4v) is 3.18. The number of amides is 1. The fourth-order valence-electron chi connectivity index (χ4n) is 3.18. The van der Waals surface area contributed by atoms with E-state index in [0.29, 0.717) is 6.04 Å². The lowest BCUT2D eigenvalue weighted by Gasteiger charge is -2.35. The largest absolute Gasteiger partial charge is 0.444 e. The molecule has 1 aliphatic carbocycles. The molecule has 1 N–H and O–H groups in total. The van der Waals surface area contributed by atoms with Crippen molar-refractivity contribution in [2.45, 2.75) is 70.9 Å². The molecule has 4 heteroatoms. The van der Waals surface area contributed by atoms with Crippen LogP contribution in [0.25, 0.3) is 0 Å². The lowest BCUT2D eigenvalue weighted by atomic mass is 10.0. The molecule has 0 radical (unpaired) electrons. The number of carbonyl (C=O) groups excluding carboxylic acids is 1. The lowest BCUT2D eigenvalue weighted by Crippen LogP contribution is -2.50. The Labute approximate surface area is 123 Å². The molecule has 0 aromatic carbocycles. The topological polar surface area (TPSA) is 41.6 Å². The summed E-state index contributed by atoms with van der Waals surface area (Å²) in [6, 6.07) is 0.442. The maximum atomic E-state index is 12.1. The Morgan fingerprint density at radius 3 is 2.55 bits per heavy atom. The highest BCUT2D eigenvalue weighted by molar-refractivity contribution is 5.68. The number of nitrogens with zero attached hydrogens (tertiary/aromatic N) is 1. The average molecular weight is 282 g/mol. The summed E-state index contributed by atoms with van der Waals surface area (Å²) in [6.45, 7) is 8.50. The van der Waals surface area contributed by atoms with Crippen molar-refractivity contribution in [3.05, 3.63) is 0 Å². The van der Waals surface area contributed by atoms with Crippen LogP contribution in [0.2, 0.25) is 0 Å². The number of hydrogen-bond acceptors (Lipinski definition) is 3. The molecule has 2 rings (SSSR count). The van der Waals surface area contributed by atoms with Crippen molar-refractivity contribution in [1.29, 1.82) is 0 Å². The molecule has 2 aliphatic rings. The van der Waals surface area contributed by atoms with Crippen LogP contribution in [0.15, 0.2) is 0 Å². The van der Waals surface area contributed by atoms with Crippen molar-refractivity contribution in [3.8, 4) is 0 Å². The highest BCUT2D eigenvalue weighted by atomic mass is 16.6. The molecule has 1 unspecified atom stereocenters. The molecule has 4 nitrogen and oxygen atoms in total. The predicted octanol–water partition coefficient (Wildman–Crippen LogP) is 3.17. The lowest BCUT2D eigenvalue weighted by molar-refractivity contribution is 0.0186. The Morgan fingerprint density at radius 1 is 1.20 bits per heavy atom. The van der Waals surface area contributed by atoms with Crippen LogP contribution >= 0.6 is 0 Å². The quantitative estimate of drug-likeness (QED) is 0.864. The van der Waals surface area contributed by atoms with E-state index in [1.807, 2.05) is 25.7 Å². The molecule has 1 atom stereocenters. The standard InChI is InChI=1S/C16H30N2O2/c1-16(2,3)20-15(19)18-10-6-9-14(12-18)17-11-13-7-4-5-8-13/h13-14,17H,4-12H2,1-3H3. The fraction of sp³-hybridized carbons (Fsp3) is 0.938. The van der Waals surface area contributed by atoms with Gasteiger partial charge in [0.05, 0.1) is 0 Å². The smallest absolute Gasteiger partial charge is 0.410 e. The molecule has 0 aromatic heterocycles. The predicted molar refractivity (Wildman–Crippen MR) is 80.8 cm³/mol. The van der Waals surface area contributed by atoms with E-state index in [-0.39, 0.29) is 6.09 Å². The van der Waals surface area contributed by atoms with Gasteiger partial charge in [-0.05, 0) is 58.9 Å². The highest BCUT2D eigenvalue weighted by Crippen LogP contribution is 2.24. The van der Waals surface area contributed by atoms with E-state index in [2.05, 4.69) is 5.32 Å². The van der Waals surface area contributed by atoms with Gasteiger partial charge in [-0.25, -0.2) is 4.79 Å². The molecule has 1 amide bonds. The first-order valence-corrected chi connectivity index (χ1v) is 8.15. The molecule has 1 heterocycles. The summed E-state index contributed by atoms with van der Waals surface area (Å²) in [5.74, 6) is 0.854. The Hall–Kier alpha value is -0.770. The molecule has 0 bridgehead atoms. The van der Waals surface area contributed by atoms with Gasteiger partial charge in [-0.2, -0.15) is 0 Å². The third-order valence-electron chi connectivity index (χ3n) is 4.24. The first-order chi connectivity index (χ1) is 9.44. The zero-order valence-electron chi connectivity index (χ0n) is 13.3. The summed E-state index contributed by atoms with van der Waals surface area (Å²) < 4.78 is 5.46. The molecule has 1 saturated carbocycles. The van der Waals surface area contributed by atoms with Crippen molar-refractivity contribution in [1.82, 2.24) is 10.2 Å². The van der Waals surface area contributed by atoms with Gasteiger partial charge in [0.2, 0.25) is 0 Å². The van der Waals surface area contributed by atoms with Gasteiger partial charge in [-0.1, -0.05) is 12.8 Å². The summed E-state index contributed by atoms with van der Waals surface area (Å²) in [5, 5.41) is 3.66. The summed E-state index contributed by atoms with van der Waals surface area (Å²) in [6.07, 6.45) is 7.60. The molecule has 0 aromatic rings. The molecule has 20 heavy (non-hydrogen) atoms. The average Bonchev–Trinajstić information content (AvgIpc) is 2.88. The van der Waals surface area contributed by atoms with E-state index in [1.165, 1.54) is 32.1 Å². The minimum Gasteiger partial charge on any atom is -0.444 e. The van der Waals surface area contributed by atoms with Crippen molar-refractivity contribution < 1.29 is 9.53 Å². The van der Waals surface area contributed by atoms with Gasteiger partial charge in [0.25, 0.3) is 0 Å².